The largest absolute Gasteiger partial charge is 0.444 e. The van der Waals surface area contributed by atoms with Gasteiger partial charge in [0.15, 0.2) is 5.65 Å². The number of morpholine rings is 1. The number of likely N-dealkylation sites (tertiary alicyclic amines) is 1. The van der Waals surface area contributed by atoms with Gasteiger partial charge in [-0.2, -0.15) is 5.10 Å². The SMILES string of the molecule is CCc1nc2c(N3CCOCC3)ccnn2c1C1CCN(C(=O)OC(C)(C)C)CC1. The topological polar surface area (TPSA) is 72.2 Å². The van der Waals surface area contributed by atoms with Crippen molar-refractivity contribution in [3.8, 4) is 0 Å². The molecule has 0 N–H and O–H groups in total. The number of carbonyl (C=O) groups excluding carboxylic acids is 1. The monoisotopic (exact) mass is 415 g/mol. The lowest BCUT2D eigenvalue weighted by Crippen LogP contribution is -2.41. The second-order valence-electron chi connectivity index (χ2n) is 9.09. The lowest BCUT2D eigenvalue weighted by Gasteiger charge is -2.33. The molecular formula is C22H33N5O3. The van der Waals surface area contributed by atoms with E-state index in [2.05, 4.69) is 23.0 Å². The van der Waals surface area contributed by atoms with E-state index in [1.165, 1.54) is 5.69 Å². The van der Waals surface area contributed by atoms with Crippen LogP contribution in [0.3, 0.4) is 0 Å². The van der Waals surface area contributed by atoms with Crippen molar-refractivity contribution in [2.24, 2.45) is 0 Å². The first-order chi connectivity index (χ1) is 14.4. The first-order valence-electron chi connectivity index (χ1n) is 11.0. The van der Waals surface area contributed by atoms with Crippen LogP contribution >= 0.6 is 0 Å². The molecule has 8 nitrogen and oxygen atoms in total. The molecule has 2 aromatic heterocycles. The molecule has 1 amide bonds. The van der Waals surface area contributed by atoms with E-state index in [1.54, 1.807) is 0 Å². The number of aryl methyl sites for hydroxylation is 1. The van der Waals surface area contributed by atoms with Gasteiger partial charge < -0.3 is 19.3 Å². The predicted molar refractivity (Wildman–Crippen MR) is 115 cm³/mol. The highest BCUT2D eigenvalue weighted by Gasteiger charge is 2.31. The summed E-state index contributed by atoms with van der Waals surface area (Å²) in [5.41, 5.74) is 3.90. The van der Waals surface area contributed by atoms with E-state index < -0.39 is 5.60 Å². The quantitative estimate of drug-likeness (QED) is 0.766. The van der Waals surface area contributed by atoms with Crippen LogP contribution in [0.1, 0.15) is 57.8 Å². The molecule has 0 saturated carbocycles. The maximum Gasteiger partial charge on any atom is 0.410 e. The van der Waals surface area contributed by atoms with Crippen molar-refractivity contribution in [3.05, 3.63) is 23.7 Å². The van der Waals surface area contributed by atoms with Crippen LogP contribution in [0.5, 0.6) is 0 Å². The predicted octanol–water partition coefficient (Wildman–Crippen LogP) is 3.24. The molecule has 0 unspecified atom stereocenters. The number of nitrogens with zero attached hydrogens (tertiary/aromatic N) is 5. The van der Waals surface area contributed by atoms with E-state index >= 15 is 0 Å². The van der Waals surface area contributed by atoms with Crippen molar-refractivity contribution >= 4 is 17.4 Å². The minimum Gasteiger partial charge on any atom is -0.444 e. The third-order valence-corrected chi connectivity index (χ3v) is 5.83. The number of amides is 1. The number of aromatic nitrogens is 3. The van der Waals surface area contributed by atoms with Crippen molar-refractivity contribution < 1.29 is 14.3 Å². The van der Waals surface area contributed by atoms with Crippen LogP contribution in [-0.2, 0) is 15.9 Å². The summed E-state index contributed by atoms with van der Waals surface area (Å²) in [4.78, 5) is 21.6. The second-order valence-corrected chi connectivity index (χ2v) is 9.09. The van der Waals surface area contributed by atoms with Gasteiger partial charge in [-0.15, -0.1) is 0 Å². The highest BCUT2D eigenvalue weighted by molar-refractivity contribution is 5.70. The van der Waals surface area contributed by atoms with Crippen molar-refractivity contribution in [1.82, 2.24) is 19.5 Å². The third kappa shape index (κ3) is 4.24. The Balaban J connectivity index is 1.57. The molecule has 2 aliphatic heterocycles. The highest BCUT2D eigenvalue weighted by atomic mass is 16.6. The molecule has 164 valence electrons. The number of rotatable bonds is 3. The van der Waals surface area contributed by atoms with Crippen molar-refractivity contribution in [1.29, 1.82) is 0 Å². The fourth-order valence-electron chi connectivity index (χ4n) is 4.38. The molecule has 2 aliphatic rings. The fourth-order valence-corrected chi connectivity index (χ4v) is 4.38. The third-order valence-electron chi connectivity index (χ3n) is 5.83. The van der Waals surface area contributed by atoms with Crippen LogP contribution in [-0.4, -0.2) is 70.6 Å². The first-order valence-corrected chi connectivity index (χ1v) is 11.0. The van der Waals surface area contributed by atoms with E-state index in [-0.39, 0.29) is 6.09 Å². The van der Waals surface area contributed by atoms with Crippen molar-refractivity contribution in [2.75, 3.05) is 44.3 Å². The zero-order valence-electron chi connectivity index (χ0n) is 18.6. The van der Waals surface area contributed by atoms with Gasteiger partial charge in [-0.1, -0.05) is 6.92 Å². The number of fused-ring (bicyclic) bond motifs is 1. The Morgan fingerprint density at radius 3 is 2.53 bits per heavy atom. The Morgan fingerprint density at radius 1 is 1.20 bits per heavy atom. The number of hydrogen-bond acceptors (Lipinski definition) is 6. The van der Waals surface area contributed by atoms with Crippen molar-refractivity contribution in [3.63, 3.8) is 0 Å². The van der Waals surface area contributed by atoms with Crippen molar-refractivity contribution in [2.45, 2.75) is 58.5 Å². The molecule has 0 aliphatic carbocycles. The van der Waals surface area contributed by atoms with Gasteiger partial charge in [-0.25, -0.2) is 14.3 Å². The Labute approximate surface area is 178 Å². The molecule has 2 aromatic rings. The smallest absolute Gasteiger partial charge is 0.410 e. The second kappa shape index (κ2) is 8.41. The van der Waals surface area contributed by atoms with Gasteiger partial charge in [-0.3, -0.25) is 0 Å². The number of hydrogen-bond donors (Lipinski definition) is 0. The van der Waals surface area contributed by atoms with Crippen LogP contribution in [0.2, 0.25) is 0 Å². The lowest BCUT2D eigenvalue weighted by molar-refractivity contribution is 0.0203. The Hall–Kier alpha value is -2.35. The van der Waals surface area contributed by atoms with Crippen LogP contribution < -0.4 is 4.90 Å². The maximum absolute atomic E-state index is 12.4. The molecule has 0 bridgehead atoms. The van der Waals surface area contributed by atoms with Crippen LogP contribution in [0, 0.1) is 0 Å². The van der Waals surface area contributed by atoms with Gasteiger partial charge in [0.05, 0.1) is 36.5 Å². The summed E-state index contributed by atoms with van der Waals surface area (Å²) in [5, 5.41) is 4.67. The Bertz CT molecular complexity index is 890. The molecule has 0 atom stereocenters. The number of carbonyl (C=O) groups is 1. The lowest BCUT2D eigenvalue weighted by atomic mass is 9.92. The molecule has 4 rings (SSSR count). The molecule has 2 saturated heterocycles. The summed E-state index contributed by atoms with van der Waals surface area (Å²) in [7, 11) is 0. The Morgan fingerprint density at radius 2 is 1.90 bits per heavy atom. The fraction of sp³-hybridized carbons (Fsp3) is 0.682. The molecule has 8 heteroatoms. The summed E-state index contributed by atoms with van der Waals surface area (Å²) in [5.74, 6) is 0.334. The summed E-state index contributed by atoms with van der Waals surface area (Å²) in [6, 6.07) is 2.06. The Kier molecular flexibility index (Phi) is 5.86. The van der Waals surface area contributed by atoms with Gasteiger partial charge in [0, 0.05) is 32.1 Å². The first kappa shape index (κ1) is 20.9. The summed E-state index contributed by atoms with van der Waals surface area (Å²) >= 11 is 0. The molecule has 30 heavy (non-hydrogen) atoms. The summed E-state index contributed by atoms with van der Waals surface area (Å²) in [6.07, 6.45) is 4.31. The minimum atomic E-state index is -0.467. The standard InChI is InChI=1S/C22H33N5O3/c1-5-17-19(16-7-10-26(11-8-16)21(28)30-22(2,3)4)27-20(24-17)18(6-9-23-27)25-12-14-29-15-13-25/h6,9,16H,5,7-8,10-15H2,1-4H3. The molecule has 0 aromatic carbocycles. The number of anilines is 1. The number of imidazole rings is 1. The average Bonchev–Trinajstić information content (AvgIpc) is 3.12. The minimum absolute atomic E-state index is 0.220. The van der Waals surface area contributed by atoms with Crippen LogP contribution in [0.15, 0.2) is 12.3 Å². The van der Waals surface area contributed by atoms with Crippen LogP contribution in [0.25, 0.3) is 5.65 Å². The van der Waals surface area contributed by atoms with E-state index in [1.807, 2.05) is 36.4 Å². The van der Waals surface area contributed by atoms with E-state index in [9.17, 15) is 4.79 Å². The summed E-state index contributed by atoms with van der Waals surface area (Å²) in [6.45, 7) is 12.5. The average molecular weight is 416 g/mol. The number of ether oxygens (including phenoxy) is 2. The van der Waals surface area contributed by atoms with Gasteiger partial charge in [0.2, 0.25) is 0 Å². The summed E-state index contributed by atoms with van der Waals surface area (Å²) < 4.78 is 13.1. The molecular weight excluding hydrogens is 382 g/mol. The molecule has 4 heterocycles. The van der Waals surface area contributed by atoms with Crippen LogP contribution in [0.4, 0.5) is 10.5 Å². The highest BCUT2D eigenvalue weighted by Crippen LogP contribution is 2.33. The van der Waals surface area contributed by atoms with Gasteiger partial charge in [-0.05, 0) is 46.1 Å². The van der Waals surface area contributed by atoms with Gasteiger partial charge in [0.1, 0.15) is 5.60 Å². The zero-order valence-corrected chi connectivity index (χ0v) is 18.6. The molecule has 0 radical (unpaired) electrons. The zero-order chi connectivity index (χ0) is 21.3. The maximum atomic E-state index is 12.4. The van der Waals surface area contributed by atoms with E-state index in [4.69, 9.17) is 14.5 Å². The molecule has 0 spiro atoms. The van der Waals surface area contributed by atoms with Gasteiger partial charge >= 0.3 is 6.09 Å². The normalized spacial score (nSPS) is 18.8. The number of piperidine rings is 1. The van der Waals surface area contributed by atoms with E-state index in [0.29, 0.717) is 19.0 Å². The van der Waals surface area contributed by atoms with E-state index in [0.717, 1.165) is 62.6 Å². The van der Waals surface area contributed by atoms with Gasteiger partial charge in [0.25, 0.3) is 0 Å². The molecule has 2 fully saturated rings.